The van der Waals surface area contributed by atoms with Crippen LogP contribution in [0, 0.1) is 0 Å². The number of nitrogen functional groups attached to an aromatic ring is 1. The van der Waals surface area contributed by atoms with E-state index in [1.165, 1.54) is 25.9 Å². The van der Waals surface area contributed by atoms with E-state index in [0.29, 0.717) is 29.8 Å². The van der Waals surface area contributed by atoms with Gasteiger partial charge >= 0.3 is 0 Å². The molecular weight excluding hydrogens is 512 g/mol. The van der Waals surface area contributed by atoms with Crippen molar-refractivity contribution in [1.29, 1.82) is 0 Å². The van der Waals surface area contributed by atoms with Gasteiger partial charge in [0, 0.05) is 36.5 Å². The Balaban J connectivity index is 1.07. The van der Waals surface area contributed by atoms with Gasteiger partial charge in [-0.05, 0) is 92.4 Å². The molecule has 4 aromatic rings. The van der Waals surface area contributed by atoms with E-state index in [1.54, 1.807) is 6.20 Å². The highest BCUT2D eigenvalue weighted by Gasteiger charge is 2.28. The summed E-state index contributed by atoms with van der Waals surface area (Å²) in [4.78, 5) is 22.1. The van der Waals surface area contributed by atoms with Crippen LogP contribution in [-0.2, 0) is 6.61 Å². The molecule has 2 aliphatic heterocycles. The molecule has 210 valence electrons. The summed E-state index contributed by atoms with van der Waals surface area (Å²) in [5.74, 6) is 2.46. The summed E-state index contributed by atoms with van der Waals surface area (Å²) in [5, 5.41) is 0. The third-order valence-corrected chi connectivity index (χ3v) is 8.03. The van der Waals surface area contributed by atoms with Crippen molar-refractivity contribution >= 4 is 11.7 Å². The maximum Gasteiger partial charge on any atom is 0.253 e. The van der Waals surface area contributed by atoms with Crippen LogP contribution in [0.1, 0.15) is 41.6 Å². The molecule has 7 nitrogen and oxygen atoms in total. The number of likely N-dealkylation sites (tertiary alicyclic amines) is 2. The Hall–Kier alpha value is -4.36. The molecule has 2 fully saturated rings. The van der Waals surface area contributed by atoms with E-state index in [1.807, 2.05) is 89.8 Å². The van der Waals surface area contributed by atoms with E-state index in [4.69, 9.17) is 15.2 Å². The van der Waals surface area contributed by atoms with Crippen molar-refractivity contribution < 1.29 is 14.3 Å². The van der Waals surface area contributed by atoms with Crippen LogP contribution in [0.5, 0.6) is 17.2 Å². The third-order valence-electron chi connectivity index (χ3n) is 8.03. The molecule has 1 amide bonds. The second-order valence-corrected chi connectivity index (χ2v) is 10.8. The fraction of sp³-hybridized carbons (Fsp3) is 0.294. The molecule has 2 aliphatic rings. The minimum absolute atomic E-state index is 0.106. The van der Waals surface area contributed by atoms with E-state index in [-0.39, 0.29) is 5.91 Å². The second kappa shape index (κ2) is 12.4. The number of piperidine rings is 1. The summed E-state index contributed by atoms with van der Waals surface area (Å²) in [6.45, 7) is 4.40. The highest BCUT2D eigenvalue weighted by atomic mass is 16.5. The third kappa shape index (κ3) is 6.52. The molecule has 41 heavy (non-hydrogen) atoms. The maximum absolute atomic E-state index is 13.2. The van der Waals surface area contributed by atoms with Crippen LogP contribution < -0.4 is 15.2 Å². The number of anilines is 1. The molecule has 0 aliphatic carbocycles. The van der Waals surface area contributed by atoms with Crippen LogP contribution in [0.25, 0.3) is 11.1 Å². The monoisotopic (exact) mass is 548 g/mol. The van der Waals surface area contributed by atoms with Crippen molar-refractivity contribution in [2.75, 3.05) is 31.9 Å². The summed E-state index contributed by atoms with van der Waals surface area (Å²) >= 11 is 0. The summed E-state index contributed by atoms with van der Waals surface area (Å²) in [7, 11) is 0. The molecule has 3 aromatic carbocycles. The zero-order valence-electron chi connectivity index (χ0n) is 23.2. The van der Waals surface area contributed by atoms with Crippen molar-refractivity contribution in [3.63, 3.8) is 0 Å². The predicted molar refractivity (Wildman–Crippen MR) is 161 cm³/mol. The Labute approximate surface area is 241 Å². The highest BCUT2D eigenvalue weighted by Crippen LogP contribution is 2.29. The van der Waals surface area contributed by atoms with Gasteiger partial charge in [-0.15, -0.1) is 0 Å². The summed E-state index contributed by atoms with van der Waals surface area (Å²) in [6.07, 6.45) is 6.47. The molecule has 2 saturated heterocycles. The maximum atomic E-state index is 13.2. The van der Waals surface area contributed by atoms with Crippen molar-refractivity contribution in [3.8, 4) is 28.4 Å². The van der Waals surface area contributed by atoms with Gasteiger partial charge in [0.15, 0.2) is 11.6 Å². The average Bonchev–Trinajstić information content (AvgIpc) is 3.57. The molecule has 1 aromatic heterocycles. The lowest BCUT2D eigenvalue weighted by Crippen LogP contribution is -2.45. The molecule has 0 spiro atoms. The number of benzene rings is 3. The zero-order valence-corrected chi connectivity index (χ0v) is 23.2. The van der Waals surface area contributed by atoms with Crippen molar-refractivity contribution in [2.45, 2.75) is 38.3 Å². The first-order chi connectivity index (χ1) is 20.1. The first-order valence-electron chi connectivity index (χ1n) is 14.5. The topological polar surface area (TPSA) is 80.9 Å². The number of aromatic nitrogens is 1. The number of hydrogen-bond acceptors (Lipinski definition) is 6. The smallest absolute Gasteiger partial charge is 0.253 e. The SMILES string of the molecule is Nc1ncc(-c2ccc(C(=O)N3CCC(N4CCCC4)CC3)cc2)cc1OCc1cccc(Oc2ccccc2)c1. The minimum Gasteiger partial charge on any atom is -0.485 e. The molecule has 3 heterocycles. The zero-order chi connectivity index (χ0) is 28.0. The molecule has 0 bridgehead atoms. The van der Waals surface area contributed by atoms with Crippen LogP contribution in [0.15, 0.2) is 91.1 Å². The largest absolute Gasteiger partial charge is 0.485 e. The van der Waals surface area contributed by atoms with Gasteiger partial charge in [-0.3, -0.25) is 4.79 Å². The number of ether oxygens (including phenoxy) is 2. The Morgan fingerprint density at radius 1 is 0.829 bits per heavy atom. The first-order valence-corrected chi connectivity index (χ1v) is 14.5. The number of carbonyl (C=O) groups is 1. The Morgan fingerprint density at radius 2 is 1.56 bits per heavy atom. The van der Waals surface area contributed by atoms with Crippen molar-refractivity contribution in [1.82, 2.24) is 14.8 Å². The number of nitrogens with two attached hydrogens (primary N) is 1. The van der Waals surface area contributed by atoms with Gasteiger partial charge in [-0.1, -0.05) is 42.5 Å². The van der Waals surface area contributed by atoms with Crippen LogP contribution in [0.3, 0.4) is 0 Å². The summed E-state index contributed by atoms with van der Waals surface area (Å²) < 4.78 is 12.0. The molecule has 0 atom stereocenters. The highest BCUT2D eigenvalue weighted by molar-refractivity contribution is 5.94. The molecule has 0 unspecified atom stereocenters. The number of amides is 1. The number of nitrogens with zero attached hydrogens (tertiary/aromatic N) is 3. The van der Waals surface area contributed by atoms with Gasteiger partial charge in [0.2, 0.25) is 0 Å². The fourth-order valence-electron chi connectivity index (χ4n) is 5.74. The first kappa shape index (κ1) is 26.8. The second-order valence-electron chi connectivity index (χ2n) is 10.8. The standard InChI is InChI=1S/C34H36N4O3/c35-33-32(40-24-25-7-6-10-31(21-25)41-30-8-2-1-3-9-30)22-28(23-36-33)26-11-13-27(14-12-26)34(39)38-19-15-29(16-20-38)37-17-4-5-18-37/h1-3,6-14,21-23,29H,4-5,15-20,24H2,(H2,35,36). The average molecular weight is 549 g/mol. The van der Waals surface area contributed by atoms with E-state index >= 15 is 0 Å². The summed E-state index contributed by atoms with van der Waals surface area (Å²) in [6, 6.07) is 27.7. The van der Waals surface area contributed by atoms with Gasteiger partial charge in [0.25, 0.3) is 5.91 Å². The lowest BCUT2D eigenvalue weighted by Gasteiger charge is -2.36. The van der Waals surface area contributed by atoms with Gasteiger partial charge in [-0.2, -0.15) is 0 Å². The fourth-order valence-corrected chi connectivity index (χ4v) is 5.74. The molecular formula is C34H36N4O3. The molecule has 6 rings (SSSR count). The van der Waals surface area contributed by atoms with E-state index in [0.717, 1.165) is 54.1 Å². The quantitative estimate of drug-likeness (QED) is 0.274. The summed E-state index contributed by atoms with van der Waals surface area (Å²) in [5.41, 5.74) is 9.64. The predicted octanol–water partition coefficient (Wildman–Crippen LogP) is 6.40. The van der Waals surface area contributed by atoms with Crippen LogP contribution in [-0.4, -0.2) is 52.9 Å². The number of hydrogen-bond donors (Lipinski definition) is 1. The van der Waals surface area contributed by atoms with Gasteiger partial charge < -0.3 is 25.0 Å². The lowest BCUT2D eigenvalue weighted by molar-refractivity contribution is 0.0644. The van der Waals surface area contributed by atoms with Crippen molar-refractivity contribution in [2.24, 2.45) is 0 Å². The van der Waals surface area contributed by atoms with Crippen LogP contribution >= 0.6 is 0 Å². The normalized spacial score (nSPS) is 16.0. The van der Waals surface area contributed by atoms with E-state index in [2.05, 4.69) is 9.88 Å². The number of para-hydroxylation sites is 1. The van der Waals surface area contributed by atoms with Crippen LogP contribution in [0.2, 0.25) is 0 Å². The number of pyridine rings is 1. The molecule has 0 radical (unpaired) electrons. The minimum atomic E-state index is 0.106. The number of rotatable bonds is 8. The Kier molecular flexibility index (Phi) is 8.14. The molecule has 0 saturated carbocycles. The molecule has 2 N–H and O–H groups in total. The molecule has 7 heteroatoms. The van der Waals surface area contributed by atoms with Crippen molar-refractivity contribution in [3.05, 3.63) is 102 Å². The van der Waals surface area contributed by atoms with Crippen LogP contribution in [0.4, 0.5) is 5.82 Å². The van der Waals surface area contributed by atoms with Gasteiger partial charge in [-0.25, -0.2) is 4.98 Å². The van der Waals surface area contributed by atoms with Gasteiger partial charge in [0.1, 0.15) is 18.1 Å². The van der Waals surface area contributed by atoms with Gasteiger partial charge in [0.05, 0.1) is 0 Å². The van der Waals surface area contributed by atoms with E-state index in [9.17, 15) is 4.79 Å². The number of carbonyl (C=O) groups excluding carboxylic acids is 1. The Bertz CT molecular complexity index is 1460. The van der Waals surface area contributed by atoms with E-state index < -0.39 is 0 Å². The lowest BCUT2D eigenvalue weighted by atomic mass is 10.0. The Morgan fingerprint density at radius 3 is 2.32 bits per heavy atom.